The molecule has 4 nitrogen and oxygen atoms in total. The van der Waals surface area contributed by atoms with Crippen LogP contribution in [0.2, 0.25) is 0 Å². The third-order valence-electron chi connectivity index (χ3n) is 3.39. The van der Waals surface area contributed by atoms with Gasteiger partial charge in [0.2, 0.25) is 0 Å². The molecule has 106 valence electrons. The van der Waals surface area contributed by atoms with Crippen LogP contribution in [0, 0.1) is 13.8 Å². The molecule has 2 aromatic rings. The smallest absolute Gasteiger partial charge is 0.310 e. The molecule has 0 saturated carbocycles. The van der Waals surface area contributed by atoms with Gasteiger partial charge in [-0.3, -0.25) is 4.79 Å². The first-order valence-electron chi connectivity index (χ1n) is 6.66. The second-order valence-electron chi connectivity index (χ2n) is 4.90. The molecular formula is C16H19NO3. The number of benzene rings is 1. The highest BCUT2D eigenvalue weighted by Crippen LogP contribution is 2.17. The predicted octanol–water partition coefficient (Wildman–Crippen LogP) is 2.79. The van der Waals surface area contributed by atoms with E-state index >= 15 is 0 Å². The Balaban J connectivity index is 2.06. The van der Waals surface area contributed by atoms with E-state index in [1.807, 2.05) is 6.92 Å². The molecule has 20 heavy (non-hydrogen) atoms. The lowest BCUT2D eigenvalue weighted by Crippen LogP contribution is -2.07. The van der Waals surface area contributed by atoms with E-state index in [1.54, 1.807) is 0 Å². The first-order chi connectivity index (χ1) is 9.60. The zero-order valence-electron chi connectivity index (χ0n) is 12.1. The minimum atomic E-state index is -0.270. The number of hydrogen-bond donors (Lipinski definition) is 0. The van der Waals surface area contributed by atoms with Crippen molar-refractivity contribution in [3.05, 3.63) is 52.4 Å². The largest absolute Gasteiger partial charge is 0.469 e. The van der Waals surface area contributed by atoms with E-state index in [0.29, 0.717) is 5.76 Å². The number of carbonyl (C=O) groups excluding carboxylic acids is 1. The Morgan fingerprint density at radius 3 is 2.55 bits per heavy atom. The quantitative estimate of drug-likeness (QED) is 0.786. The summed E-state index contributed by atoms with van der Waals surface area (Å²) in [7, 11) is 1.39. The van der Waals surface area contributed by atoms with E-state index in [9.17, 15) is 4.79 Å². The van der Waals surface area contributed by atoms with Gasteiger partial charge in [0.1, 0.15) is 5.76 Å². The molecule has 0 spiro atoms. The van der Waals surface area contributed by atoms with E-state index in [1.165, 1.54) is 18.2 Å². The van der Waals surface area contributed by atoms with Gasteiger partial charge in [-0.2, -0.15) is 0 Å². The van der Waals surface area contributed by atoms with Crippen molar-refractivity contribution in [1.82, 2.24) is 5.16 Å². The van der Waals surface area contributed by atoms with Crippen LogP contribution in [-0.2, 0) is 28.8 Å². The topological polar surface area (TPSA) is 52.3 Å². The Labute approximate surface area is 118 Å². The van der Waals surface area contributed by atoms with E-state index < -0.39 is 0 Å². The molecule has 0 amide bonds. The van der Waals surface area contributed by atoms with E-state index in [2.05, 4.69) is 36.3 Å². The van der Waals surface area contributed by atoms with Crippen molar-refractivity contribution < 1.29 is 14.1 Å². The Morgan fingerprint density at radius 2 is 1.90 bits per heavy atom. The second-order valence-corrected chi connectivity index (χ2v) is 4.90. The SMILES string of the molecule is COC(=O)Cc1c(CCc2ccc(C)cc2)noc1C. The lowest BCUT2D eigenvalue weighted by Gasteiger charge is -2.03. The van der Waals surface area contributed by atoms with Gasteiger partial charge in [-0.05, 0) is 32.3 Å². The Bertz CT molecular complexity index is 584. The van der Waals surface area contributed by atoms with Crippen LogP contribution >= 0.6 is 0 Å². The fourth-order valence-electron chi connectivity index (χ4n) is 2.09. The van der Waals surface area contributed by atoms with Gasteiger partial charge in [0.15, 0.2) is 0 Å². The average Bonchev–Trinajstić information content (AvgIpc) is 2.79. The Morgan fingerprint density at radius 1 is 1.20 bits per heavy atom. The van der Waals surface area contributed by atoms with Gasteiger partial charge in [-0.1, -0.05) is 35.0 Å². The first-order valence-corrected chi connectivity index (χ1v) is 6.66. The van der Waals surface area contributed by atoms with Crippen molar-refractivity contribution >= 4 is 5.97 Å². The van der Waals surface area contributed by atoms with E-state index in [0.717, 1.165) is 24.1 Å². The summed E-state index contributed by atoms with van der Waals surface area (Å²) in [5.74, 6) is 0.419. The lowest BCUT2D eigenvalue weighted by atomic mass is 10.0. The third kappa shape index (κ3) is 3.47. The number of hydrogen-bond acceptors (Lipinski definition) is 4. The monoisotopic (exact) mass is 273 g/mol. The molecule has 0 radical (unpaired) electrons. The summed E-state index contributed by atoms with van der Waals surface area (Å²) in [5.41, 5.74) is 4.19. The van der Waals surface area contributed by atoms with Crippen molar-refractivity contribution in [2.45, 2.75) is 33.1 Å². The first kappa shape index (κ1) is 14.3. The minimum absolute atomic E-state index is 0.217. The molecule has 1 aromatic carbocycles. The van der Waals surface area contributed by atoms with Gasteiger partial charge in [-0.15, -0.1) is 0 Å². The number of aryl methyl sites for hydroxylation is 4. The van der Waals surface area contributed by atoms with Gasteiger partial charge < -0.3 is 9.26 Å². The minimum Gasteiger partial charge on any atom is -0.469 e. The zero-order valence-corrected chi connectivity index (χ0v) is 12.1. The number of methoxy groups -OCH3 is 1. The average molecular weight is 273 g/mol. The molecule has 1 aromatic heterocycles. The van der Waals surface area contributed by atoms with Crippen LogP contribution in [0.5, 0.6) is 0 Å². The maximum Gasteiger partial charge on any atom is 0.310 e. The third-order valence-corrected chi connectivity index (χ3v) is 3.39. The fraction of sp³-hybridized carbons (Fsp3) is 0.375. The highest BCUT2D eigenvalue weighted by atomic mass is 16.5. The van der Waals surface area contributed by atoms with Gasteiger partial charge >= 0.3 is 5.97 Å². The molecule has 1 heterocycles. The standard InChI is InChI=1S/C16H19NO3/c1-11-4-6-13(7-5-11)8-9-15-14(10-16(18)19-3)12(2)20-17-15/h4-7H,8-10H2,1-3H3. The van der Waals surface area contributed by atoms with Gasteiger partial charge in [-0.25, -0.2) is 0 Å². The Hall–Kier alpha value is -2.10. The molecule has 0 bridgehead atoms. The summed E-state index contributed by atoms with van der Waals surface area (Å²) in [6, 6.07) is 8.42. The van der Waals surface area contributed by atoms with Crippen LogP contribution in [-0.4, -0.2) is 18.2 Å². The van der Waals surface area contributed by atoms with Crippen molar-refractivity contribution in [1.29, 1.82) is 0 Å². The summed E-state index contributed by atoms with van der Waals surface area (Å²) in [6.07, 6.45) is 1.85. The number of carbonyl (C=O) groups is 1. The van der Waals surface area contributed by atoms with Crippen molar-refractivity contribution in [3.63, 3.8) is 0 Å². The van der Waals surface area contributed by atoms with Crippen LogP contribution < -0.4 is 0 Å². The molecular weight excluding hydrogens is 254 g/mol. The second kappa shape index (κ2) is 6.37. The summed E-state index contributed by atoms with van der Waals surface area (Å²) in [4.78, 5) is 11.4. The van der Waals surface area contributed by atoms with Crippen LogP contribution in [0.1, 0.15) is 28.1 Å². The molecule has 4 heteroatoms. The number of ether oxygens (including phenoxy) is 1. The number of esters is 1. The van der Waals surface area contributed by atoms with Crippen molar-refractivity contribution in [2.24, 2.45) is 0 Å². The highest BCUT2D eigenvalue weighted by Gasteiger charge is 2.16. The molecule has 0 aliphatic heterocycles. The molecule has 0 aliphatic carbocycles. The lowest BCUT2D eigenvalue weighted by molar-refractivity contribution is -0.139. The number of nitrogens with zero attached hydrogens (tertiary/aromatic N) is 1. The molecule has 0 N–H and O–H groups in total. The molecule has 0 aliphatic rings. The van der Waals surface area contributed by atoms with Crippen molar-refractivity contribution in [2.75, 3.05) is 7.11 Å². The normalized spacial score (nSPS) is 10.6. The Kier molecular flexibility index (Phi) is 4.56. The molecule has 0 saturated heterocycles. The van der Waals surface area contributed by atoms with Crippen LogP contribution in [0.4, 0.5) is 0 Å². The van der Waals surface area contributed by atoms with Crippen LogP contribution in [0.3, 0.4) is 0 Å². The van der Waals surface area contributed by atoms with Crippen LogP contribution in [0.25, 0.3) is 0 Å². The van der Waals surface area contributed by atoms with Crippen molar-refractivity contribution in [3.8, 4) is 0 Å². The van der Waals surface area contributed by atoms with E-state index in [-0.39, 0.29) is 12.4 Å². The molecule has 2 rings (SSSR count). The summed E-state index contributed by atoms with van der Waals surface area (Å²) in [6.45, 7) is 3.89. The highest BCUT2D eigenvalue weighted by molar-refractivity contribution is 5.72. The zero-order chi connectivity index (χ0) is 14.5. The molecule has 0 unspecified atom stereocenters. The summed E-state index contributed by atoms with van der Waals surface area (Å²) >= 11 is 0. The van der Waals surface area contributed by atoms with E-state index in [4.69, 9.17) is 9.26 Å². The maximum atomic E-state index is 11.4. The van der Waals surface area contributed by atoms with Gasteiger partial charge in [0.05, 0.1) is 19.2 Å². The van der Waals surface area contributed by atoms with Crippen LogP contribution in [0.15, 0.2) is 28.8 Å². The van der Waals surface area contributed by atoms with Gasteiger partial charge in [0, 0.05) is 5.56 Å². The fourth-order valence-corrected chi connectivity index (χ4v) is 2.09. The summed E-state index contributed by atoms with van der Waals surface area (Å²) in [5, 5.41) is 4.05. The molecule has 0 atom stereocenters. The maximum absolute atomic E-state index is 11.4. The number of rotatable bonds is 5. The predicted molar refractivity (Wildman–Crippen MR) is 75.5 cm³/mol. The van der Waals surface area contributed by atoms with Gasteiger partial charge in [0.25, 0.3) is 0 Å². The summed E-state index contributed by atoms with van der Waals surface area (Å²) < 4.78 is 9.89. The molecule has 0 fully saturated rings. The number of aromatic nitrogens is 1.